The molecule has 1 saturated heterocycles. The number of hydrogen-bond donors (Lipinski definition) is 1. The lowest BCUT2D eigenvalue weighted by molar-refractivity contribution is -0.384. The van der Waals surface area contributed by atoms with Gasteiger partial charge in [0.2, 0.25) is 17.7 Å². The van der Waals surface area contributed by atoms with Crippen molar-refractivity contribution in [2.75, 3.05) is 11.9 Å². The minimum atomic E-state index is -0.578. The number of benzene rings is 1. The summed E-state index contributed by atoms with van der Waals surface area (Å²) >= 11 is 5.95. The molecule has 9 heteroatoms. The van der Waals surface area contributed by atoms with E-state index in [-0.39, 0.29) is 53.0 Å². The van der Waals surface area contributed by atoms with Crippen LogP contribution in [0.4, 0.5) is 11.4 Å². The quantitative estimate of drug-likeness (QED) is 0.347. The number of nitrogens with zero attached hydrogens (tertiary/aromatic N) is 2. The Morgan fingerprint density at radius 1 is 1.22 bits per heavy atom. The SMILES string of the molecule is O=C(CCCN1C(=O)[C@@H]2CC=CC[C@H]2C1=O)Nc1cc([N+](=O)[O-])ccc1Cl. The Hall–Kier alpha value is -2.74. The van der Waals surface area contributed by atoms with Gasteiger partial charge in [0, 0.05) is 25.1 Å². The molecule has 1 aliphatic heterocycles. The first-order valence-electron chi connectivity index (χ1n) is 8.62. The molecule has 0 radical (unpaired) electrons. The average Bonchev–Trinajstić information content (AvgIpc) is 2.88. The van der Waals surface area contributed by atoms with E-state index >= 15 is 0 Å². The lowest BCUT2D eigenvalue weighted by Gasteiger charge is -2.14. The van der Waals surface area contributed by atoms with Crippen LogP contribution < -0.4 is 5.32 Å². The molecule has 0 spiro atoms. The number of imide groups is 1. The number of nitrogens with one attached hydrogen (secondary N) is 1. The fourth-order valence-corrected chi connectivity index (χ4v) is 3.59. The van der Waals surface area contributed by atoms with E-state index < -0.39 is 10.8 Å². The van der Waals surface area contributed by atoms with E-state index in [0.717, 1.165) is 0 Å². The summed E-state index contributed by atoms with van der Waals surface area (Å²) in [7, 11) is 0. The molecule has 3 rings (SSSR count). The maximum atomic E-state index is 12.4. The highest BCUT2D eigenvalue weighted by atomic mass is 35.5. The third-order valence-electron chi connectivity index (χ3n) is 4.82. The first-order valence-corrected chi connectivity index (χ1v) is 9.00. The van der Waals surface area contributed by atoms with E-state index in [0.29, 0.717) is 19.3 Å². The van der Waals surface area contributed by atoms with Gasteiger partial charge in [-0.2, -0.15) is 0 Å². The molecule has 1 heterocycles. The monoisotopic (exact) mass is 391 g/mol. The van der Waals surface area contributed by atoms with E-state index in [9.17, 15) is 24.5 Å². The topological polar surface area (TPSA) is 110 Å². The molecule has 142 valence electrons. The zero-order valence-electron chi connectivity index (χ0n) is 14.4. The molecule has 0 unspecified atom stereocenters. The van der Waals surface area contributed by atoms with Crippen LogP contribution in [0.5, 0.6) is 0 Å². The Morgan fingerprint density at radius 2 is 1.85 bits per heavy atom. The number of amides is 3. The Labute approximate surface area is 160 Å². The van der Waals surface area contributed by atoms with Crippen LogP contribution >= 0.6 is 11.6 Å². The third kappa shape index (κ3) is 4.00. The van der Waals surface area contributed by atoms with Crippen LogP contribution in [-0.4, -0.2) is 34.1 Å². The minimum absolute atomic E-state index is 0.0592. The predicted octanol–water partition coefficient (Wildman–Crippen LogP) is 2.92. The van der Waals surface area contributed by atoms with Gasteiger partial charge in [0.05, 0.1) is 27.5 Å². The van der Waals surface area contributed by atoms with Crippen molar-refractivity contribution in [1.29, 1.82) is 0 Å². The average molecular weight is 392 g/mol. The van der Waals surface area contributed by atoms with Gasteiger partial charge in [-0.15, -0.1) is 0 Å². The first-order chi connectivity index (χ1) is 12.9. The van der Waals surface area contributed by atoms with Gasteiger partial charge in [0.15, 0.2) is 0 Å². The number of carbonyl (C=O) groups is 3. The fourth-order valence-electron chi connectivity index (χ4n) is 3.42. The van der Waals surface area contributed by atoms with Gasteiger partial charge in [0.25, 0.3) is 5.69 Å². The van der Waals surface area contributed by atoms with Crippen LogP contribution in [0.1, 0.15) is 25.7 Å². The number of non-ortho nitro benzene ring substituents is 1. The molecule has 0 aromatic heterocycles. The van der Waals surface area contributed by atoms with Crippen molar-refractivity contribution in [2.45, 2.75) is 25.7 Å². The molecule has 3 amide bonds. The number of nitro groups is 1. The second-order valence-electron chi connectivity index (χ2n) is 6.56. The molecule has 1 aromatic carbocycles. The molecule has 27 heavy (non-hydrogen) atoms. The second-order valence-corrected chi connectivity index (χ2v) is 6.96. The van der Waals surface area contributed by atoms with Crippen LogP contribution in [-0.2, 0) is 14.4 Å². The van der Waals surface area contributed by atoms with Crippen LogP contribution in [0.3, 0.4) is 0 Å². The number of rotatable bonds is 6. The molecule has 1 fully saturated rings. The number of likely N-dealkylation sites (tertiary alicyclic amines) is 1. The summed E-state index contributed by atoms with van der Waals surface area (Å²) in [5, 5.41) is 13.5. The molecular weight excluding hydrogens is 374 g/mol. The summed E-state index contributed by atoms with van der Waals surface area (Å²) in [6.07, 6.45) is 5.37. The number of anilines is 1. The summed E-state index contributed by atoms with van der Waals surface area (Å²) in [5.74, 6) is -1.29. The highest BCUT2D eigenvalue weighted by Crippen LogP contribution is 2.35. The van der Waals surface area contributed by atoms with Crippen molar-refractivity contribution in [2.24, 2.45) is 11.8 Å². The number of nitro benzene ring substituents is 1. The van der Waals surface area contributed by atoms with E-state index in [1.54, 1.807) is 0 Å². The Bertz CT molecular complexity index is 812. The fraction of sp³-hybridized carbons (Fsp3) is 0.389. The zero-order valence-corrected chi connectivity index (χ0v) is 15.1. The lowest BCUT2D eigenvalue weighted by Crippen LogP contribution is -2.32. The highest BCUT2D eigenvalue weighted by Gasteiger charge is 2.46. The molecule has 2 atom stereocenters. The molecule has 1 N–H and O–H groups in total. The van der Waals surface area contributed by atoms with E-state index in [2.05, 4.69) is 5.32 Å². The minimum Gasteiger partial charge on any atom is -0.325 e. The van der Waals surface area contributed by atoms with Crippen molar-refractivity contribution < 1.29 is 19.3 Å². The van der Waals surface area contributed by atoms with E-state index in [4.69, 9.17) is 11.6 Å². The molecule has 0 bridgehead atoms. The second kappa shape index (κ2) is 7.87. The number of allylic oxidation sites excluding steroid dienone is 2. The van der Waals surface area contributed by atoms with Crippen LogP contribution in [0.15, 0.2) is 30.4 Å². The summed E-state index contributed by atoms with van der Waals surface area (Å²) in [5.41, 5.74) is -0.0274. The van der Waals surface area contributed by atoms with Crippen molar-refractivity contribution >= 4 is 40.7 Å². The molecule has 8 nitrogen and oxygen atoms in total. The Kier molecular flexibility index (Phi) is 5.55. The molecule has 0 saturated carbocycles. The molecule has 1 aliphatic carbocycles. The van der Waals surface area contributed by atoms with Gasteiger partial charge >= 0.3 is 0 Å². The predicted molar refractivity (Wildman–Crippen MR) is 98.0 cm³/mol. The van der Waals surface area contributed by atoms with Crippen LogP contribution in [0, 0.1) is 22.0 Å². The number of carbonyl (C=O) groups excluding carboxylic acids is 3. The highest BCUT2D eigenvalue weighted by molar-refractivity contribution is 6.33. The molecule has 2 aliphatic rings. The van der Waals surface area contributed by atoms with Gasteiger partial charge in [-0.3, -0.25) is 29.4 Å². The van der Waals surface area contributed by atoms with Gasteiger partial charge in [-0.1, -0.05) is 23.8 Å². The van der Waals surface area contributed by atoms with E-state index in [1.807, 2.05) is 12.2 Å². The largest absolute Gasteiger partial charge is 0.325 e. The van der Waals surface area contributed by atoms with Crippen molar-refractivity contribution in [3.05, 3.63) is 45.5 Å². The Morgan fingerprint density at radius 3 is 2.44 bits per heavy atom. The number of fused-ring (bicyclic) bond motifs is 1. The standard InChI is InChI=1S/C18H18ClN3O5/c19-14-8-7-11(22(26)27)10-15(14)20-16(23)6-3-9-21-17(24)12-4-1-2-5-13(12)18(21)25/h1-2,7-8,10,12-13H,3-6,9H2,(H,20,23)/t12-,13-/m1/s1. The van der Waals surface area contributed by atoms with Crippen LogP contribution in [0.25, 0.3) is 0 Å². The summed E-state index contributed by atoms with van der Waals surface area (Å²) < 4.78 is 0. The van der Waals surface area contributed by atoms with Gasteiger partial charge in [-0.05, 0) is 25.3 Å². The smallest absolute Gasteiger partial charge is 0.271 e. The maximum Gasteiger partial charge on any atom is 0.271 e. The third-order valence-corrected chi connectivity index (χ3v) is 5.15. The molecule has 1 aromatic rings. The number of halogens is 1. The summed E-state index contributed by atoms with van der Waals surface area (Å²) in [4.78, 5) is 48.3. The van der Waals surface area contributed by atoms with Gasteiger partial charge in [0.1, 0.15) is 0 Å². The van der Waals surface area contributed by atoms with E-state index in [1.165, 1.54) is 23.1 Å². The van der Waals surface area contributed by atoms with Crippen molar-refractivity contribution in [1.82, 2.24) is 4.90 Å². The summed E-state index contributed by atoms with van der Waals surface area (Å²) in [6, 6.07) is 3.77. The van der Waals surface area contributed by atoms with Gasteiger partial charge in [-0.25, -0.2) is 0 Å². The lowest BCUT2D eigenvalue weighted by atomic mass is 9.85. The van der Waals surface area contributed by atoms with Gasteiger partial charge < -0.3 is 5.32 Å². The van der Waals surface area contributed by atoms with Crippen LogP contribution in [0.2, 0.25) is 5.02 Å². The molecular formula is C18H18ClN3O5. The number of hydrogen-bond acceptors (Lipinski definition) is 5. The first kappa shape index (κ1) is 19.0. The summed E-state index contributed by atoms with van der Waals surface area (Å²) in [6.45, 7) is 0.181. The van der Waals surface area contributed by atoms with Crippen molar-refractivity contribution in [3.8, 4) is 0 Å². The normalized spacial score (nSPS) is 21.3. The Balaban J connectivity index is 1.53. The zero-order chi connectivity index (χ0) is 19.6. The van der Waals surface area contributed by atoms with Crippen molar-refractivity contribution in [3.63, 3.8) is 0 Å². The maximum absolute atomic E-state index is 12.4.